The second kappa shape index (κ2) is 12.5. The third-order valence-electron chi connectivity index (χ3n) is 4.56. The van der Waals surface area contributed by atoms with E-state index >= 15 is 0 Å². The molecule has 1 amide bonds. The molecule has 0 radical (unpaired) electrons. The molecule has 0 unspecified atom stereocenters. The maximum atomic E-state index is 12.9. The van der Waals surface area contributed by atoms with Crippen molar-refractivity contribution in [2.75, 3.05) is 13.1 Å². The zero-order valence-corrected chi connectivity index (χ0v) is 17.2. The van der Waals surface area contributed by atoms with Gasteiger partial charge in [-0.2, -0.15) is 0 Å². The fourth-order valence-corrected chi connectivity index (χ4v) is 2.99. The maximum absolute atomic E-state index is 12.9. The van der Waals surface area contributed by atoms with Crippen LogP contribution in [-0.2, 0) is 11.3 Å². The van der Waals surface area contributed by atoms with Crippen LogP contribution in [0.5, 0.6) is 11.6 Å². The van der Waals surface area contributed by atoms with E-state index in [1.54, 1.807) is 24.4 Å². The minimum atomic E-state index is -0.309. The van der Waals surface area contributed by atoms with Crippen molar-refractivity contribution in [3.8, 4) is 11.6 Å². The number of piperidine rings is 1. The smallest absolute Gasteiger partial charge is 0.220 e. The van der Waals surface area contributed by atoms with Gasteiger partial charge in [-0.25, -0.2) is 9.37 Å². The van der Waals surface area contributed by atoms with Crippen LogP contribution in [0.25, 0.3) is 0 Å². The van der Waals surface area contributed by atoms with Crippen LogP contribution in [0.1, 0.15) is 31.2 Å². The normalized spacial score (nSPS) is 13.8. The number of hydrogen-bond acceptors (Lipinski definition) is 4. The lowest BCUT2D eigenvalue weighted by Gasteiger charge is -2.22. The number of amides is 1. The molecule has 2 heterocycles. The lowest BCUT2D eigenvalue weighted by atomic mass is 9.93. The molecule has 28 heavy (non-hydrogen) atoms. The molecule has 5 nitrogen and oxygen atoms in total. The van der Waals surface area contributed by atoms with Gasteiger partial charge in [-0.1, -0.05) is 6.07 Å². The number of nitrogens with one attached hydrogen (secondary N) is 2. The first-order valence-electron chi connectivity index (χ1n) is 9.05. The monoisotopic (exact) mass is 429 g/mol. The minimum absolute atomic E-state index is 0. The number of nitrogens with zero attached hydrogens (tertiary/aromatic N) is 1. The molecule has 154 valence electrons. The van der Waals surface area contributed by atoms with Crippen LogP contribution in [-0.4, -0.2) is 24.0 Å². The van der Waals surface area contributed by atoms with Crippen molar-refractivity contribution in [2.24, 2.45) is 5.92 Å². The lowest BCUT2D eigenvalue weighted by Crippen LogP contribution is -2.29. The van der Waals surface area contributed by atoms with E-state index in [0.717, 1.165) is 37.9 Å². The Labute approximate surface area is 177 Å². The summed E-state index contributed by atoms with van der Waals surface area (Å²) in [6, 6.07) is 9.37. The number of benzene rings is 1. The number of halogens is 3. The van der Waals surface area contributed by atoms with E-state index in [2.05, 4.69) is 15.6 Å². The molecule has 3 rings (SSSR count). The van der Waals surface area contributed by atoms with Gasteiger partial charge >= 0.3 is 0 Å². The molecule has 0 spiro atoms. The molecular formula is C20H26Cl2FN3O2. The summed E-state index contributed by atoms with van der Waals surface area (Å²) < 4.78 is 18.4. The molecule has 2 aromatic rings. The van der Waals surface area contributed by atoms with Crippen molar-refractivity contribution in [1.29, 1.82) is 0 Å². The Morgan fingerprint density at radius 1 is 1.14 bits per heavy atom. The molecule has 1 fully saturated rings. The van der Waals surface area contributed by atoms with E-state index in [1.165, 1.54) is 12.1 Å². The van der Waals surface area contributed by atoms with Crippen LogP contribution in [0.2, 0.25) is 0 Å². The highest BCUT2D eigenvalue weighted by Gasteiger charge is 2.14. The molecule has 1 aliphatic heterocycles. The number of rotatable bonds is 7. The van der Waals surface area contributed by atoms with E-state index in [-0.39, 0.29) is 36.5 Å². The highest BCUT2D eigenvalue weighted by molar-refractivity contribution is 5.85. The second-order valence-corrected chi connectivity index (χ2v) is 6.57. The highest BCUT2D eigenvalue weighted by atomic mass is 35.5. The molecule has 1 saturated heterocycles. The third-order valence-corrected chi connectivity index (χ3v) is 4.56. The summed E-state index contributed by atoms with van der Waals surface area (Å²) in [6.07, 6.45) is 5.52. The Morgan fingerprint density at radius 3 is 2.50 bits per heavy atom. The lowest BCUT2D eigenvalue weighted by molar-refractivity contribution is -0.121. The molecule has 2 N–H and O–H groups in total. The van der Waals surface area contributed by atoms with Gasteiger partial charge in [0.25, 0.3) is 0 Å². The SMILES string of the molecule is Cl.Cl.O=C(CCC1CCNCC1)NCc1ccc(Oc2ccc(F)cc2)nc1. The van der Waals surface area contributed by atoms with E-state index < -0.39 is 0 Å². The van der Waals surface area contributed by atoms with Crippen molar-refractivity contribution in [2.45, 2.75) is 32.2 Å². The number of hydrogen-bond donors (Lipinski definition) is 2. The largest absolute Gasteiger partial charge is 0.439 e. The molecule has 0 atom stereocenters. The Morgan fingerprint density at radius 2 is 1.86 bits per heavy atom. The Kier molecular flexibility index (Phi) is 10.8. The quantitative estimate of drug-likeness (QED) is 0.690. The topological polar surface area (TPSA) is 63.2 Å². The van der Waals surface area contributed by atoms with E-state index in [9.17, 15) is 9.18 Å². The van der Waals surface area contributed by atoms with Crippen molar-refractivity contribution in [1.82, 2.24) is 15.6 Å². The molecule has 1 aromatic carbocycles. The molecular weight excluding hydrogens is 404 g/mol. The van der Waals surface area contributed by atoms with Gasteiger partial charge in [0.15, 0.2) is 0 Å². The zero-order valence-electron chi connectivity index (χ0n) is 15.5. The predicted octanol–water partition coefficient (Wildman–Crippen LogP) is 4.25. The summed E-state index contributed by atoms with van der Waals surface area (Å²) in [5.41, 5.74) is 0.909. The molecule has 0 bridgehead atoms. The Bertz CT molecular complexity index is 708. The van der Waals surface area contributed by atoms with Crippen LogP contribution < -0.4 is 15.4 Å². The van der Waals surface area contributed by atoms with Gasteiger partial charge < -0.3 is 15.4 Å². The van der Waals surface area contributed by atoms with Gasteiger partial charge in [-0.05, 0) is 68.1 Å². The van der Waals surface area contributed by atoms with Crippen LogP contribution >= 0.6 is 24.8 Å². The second-order valence-electron chi connectivity index (χ2n) is 6.57. The molecule has 8 heteroatoms. The van der Waals surface area contributed by atoms with Gasteiger partial charge in [-0.3, -0.25) is 4.79 Å². The fourth-order valence-electron chi connectivity index (χ4n) is 2.99. The van der Waals surface area contributed by atoms with Crippen molar-refractivity contribution >= 4 is 30.7 Å². The van der Waals surface area contributed by atoms with Crippen molar-refractivity contribution < 1.29 is 13.9 Å². The third kappa shape index (κ3) is 8.00. The molecule has 0 aliphatic carbocycles. The number of ether oxygens (including phenoxy) is 1. The summed E-state index contributed by atoms with van der Waals surface area (Å²) in [4.78, 5) is 16.2. The maximum Gasteiger partial charge on any atom is 0.220 e. The summed E-state index contributed by atoms with van der Waals surface area (Å²) in [6.45, 7) is 2.57. The summed E-state index contributed by atoms with van der Waals surface area (Å²) >= 11 is 0. The summed E-state index contributed by atoms with van der Waals surface area (Å²) in [5.74, 6) is 1.38. The Hall–Kier alpha value is -1.89. The average molecular weight is 430 g/mol. The first-order chi connectivity index (χ1) is 12.7. The van der Waals surface area contributed by atoms with E-state index in [0.29, 0.717) is 30.5 Å². The van der Waals surface area contributed by atoms with Gasteiger partial charge in [0.1, 0.15) is 11.6 Å². The number of aromatic nitrogens is 1. The van der Waals surface area contributed by atoms with Gasteiger partial charge in [-0.15, -0.1) is 24.8 Å². The van der Waals surface area contributed by atoms with Gasteiger partial charge in [0, 0.05) is 25.2 Å². The Balaban J connectivity index is 0.00000196. The van der Waals surface area contributed by atoms with E-state index in [1.807, 2.05) is 6.07 Å². The van der Waals surface area contributed by atoms with Crippen LogP contribution in [0.15, 0.2) is 42.6 Å². The summed E-state index contributed by atoms with van der Waals surface area (Å²) in [5, 5.41) is 6.27. The first kappa shape index (κ1) is 24.1. The van der Waals surface area contributed by atoms with Gasteiger partial charge in [0.2, 0.25) is 11.8 Å². The fraction of sp³-hybridized carbons (Fsp3) is 0.400. The van der Waals surface area contributed by atoms with E-state index in [4.69, 9.17) is 4.74 Å². The van der Waals surface area contributed by atoms with Crippen molar-refractivity contribution in [3.05, 3.63) is 54.0 Å². The first-order valence-corrected chi connectivity index (χ1v) is 9.05. The summed E-state index contributed by atoms with van der Waals surface area (Å²) in [7, 11) is 0. The predicted molar refractivity (Wildman–Crippen MR) is 112 cm³/mol. The van der Waals surface area contributed by atoms with Gasteiger partial charge in [0.05, 0.1) is 0 Å². The number of carbonyl (C=O) groups excluding carboxylic acids is 1. The molecule has 1 aromatic heterocycles. The number of carbonyl (C=O) groups is 1. The average Bonchev–Trinajstić information content (AvgIpc) is 2.68. The van der Waals surface area contributed by atoms with Crippen molar-refractivity contribution in [3.63, 3.8) is 0 Å². The number of pyridine rings is 1. The van der Waals surface area contributed by atoms with Crippen LogP contribution in [0.4, 0.5) is 4.39 Å². The molecule has 1 aliphatic rings. The zero-order chi connectivity index (χ0) is 18.2. The van der Waals surface area contributed by atoms with Crippen LogP contribution in [0, 0.1) is 11.7 Å². The minimum Gasteiger partial charge on any atom is -0.439 e. The van der Waals surface area contributed by atoms with Crippen LogP contribution in [0.3, 0.4) is 0 Å². The standard InChI is InChI=1S/C20H24FN3O2.2ClH/c21-17-3-5-18(6-4-17)26-20-8-2-16(14-24-20)13-23-19(25)7-1-15-9-11-22-12-10-15;;/h2-6,8,14-15,22H,1,7,9-13H2,(H,23,25);2*1H. The highest BCUT2D eigenvalue weighted by Crippen LogP contribution is 2.20. The molecule has 0 saturated carbocycles.